The molecule has 0 bridgehead atoms. The van der Waals surface area contributed by atoms with Crippen LogP contribution in [0.1, 0.15) is 52.8 Å². The average molecular weight is 419 g/mol. The first kappa shape index (κ1) is 18.7. The second kappa shape index (κ2) is 5.81. The SMILES string of the molecule is C=C1OCc2c(cc3n(c2=O)Cc2c-3nc3cc(F)c(C)c4c3c2[C@@H](N)CC4)[C@]1(C)O. The summed E-state index contributed by atoms with van der Waals surface area (Å²) in [5.41, 5.74) is 11.0. The van der Waals surface area contributed by atoms with Gasteiger partial charge >= 0.3 is 0 Å². The van der Waals surface area contributed by atoms with Crippen molar-refractivity contribution in [1.29, 1.82) is 0 Å². The lowest BCUT2D eigenvalue weighted by Crippen LogP contribution is -2.37. The number of aromatic nitrogens is 2. The molecule has 2 aliphatic heterocycles. The average Bonchev–Trinajstić information content (AvgIpc) is 3.09. The summed E-state index contributed by atoms with van der Waals surface area (Å²) in [7, 11) is 0. The van der Waals surface area contributed by atoms with Gasteiger partial charge < -0.3 is 20.1 Å². The van der Waals surface area contributed by atoms with Crippen molar-refractivity contribution >= 4 is 10.9 Å². The van der Waals surface area contributed by atoms with Gasteiger partial charge in [0.25, 0.3) is 5.56 Å². The zero-order valence-electron chi connectivity index (χ0n) is 17.4. The summed E-state index contributed by atoms with van der Waals surface area (Å²) < 4.78 is 21.8. The molecule has 3 N–H and O–H groups in total. The second-order valence-corrected chi connectivity index (χ2v) is 8.95. The molecule has 31 heavy (non-hydrogen) atoms. The van der Waals surface area contributed by atoms with Crippen LogP contribution in [0.5, 0.6) is 0 Å². The summed E-state index contributed by atoms with van der Waals surface area (Å²) >= 11 is 0. The number of nitrogens with two attached hydrogens (primary N) is 1. The Balaban J connectivity index is 1.71. The molecular formula is C24H22FN3O3. The highest BCUT2D eigenvalue weighted by Crippen LogP contribution is 2.45. The number of aryl methyl sites for hydroxylation is 1. The lowest BCUT2D eigenvalue weighted by Gasteiger charge is -2.33. The first-order chi connectivity index (χ1) is 14.7. The number of hydrogen-bond donors (Lipinski definition) is 2. The highest BCUT2D eigenvalue weighted by atomic mass is 19.1. The Morgan fingerprint density at radius 2 is 2.13 bits per heavy atom. The lowest BCUT2D eigenvalue weighted by atomic mass is 9.82. The third kappa shape index (κ3) is 2.22. The number of fused-ring (bicyclic) bond motifs is 5. The Bertz CT molecular complexity index is 1420. The van der Waals surface area contributed by atoms with E-state index in [0.29, 0.717) is 53.0 Å². The van der Waals surface area contributed by atoms with Gasteiger partial charge in [0.15, 0.2) is 0 Å². The molecule has 2 atom stereocenters. The minimum absolute atomic E-state index is 0.0656. The molecule has 3 aromatic rings. The van der Waals surface area contributed by atoms with Gasteiger partial charge in [0.2, 0.25) is 0 Å². The van der Waals surface area contributed by atoms with E-state index in [-0.39, 0.29) is 29.8 Å². The zero-order chi connectivity index (χ0) is 21.8. The molecule has 158 valence electrons. The van der Waals surface area contributed by atoms with Crippen molar-refractivity contribution in [3.8, 4) is 11.4 Å². The molecule has 6 nitrogen and oxygen atoms in total. The molecule has 0 spiro atoms. The predicted molar refractivity (Wildman–Crippen MR) is 114 cm³/mol. The van der Waals surface area contributed by atoms with Crippen LogP contribution in [0.2, 0.25) is 0 Å². The van der Waals surface area contributed by atoms with Gasteiger partial charge in [-0.25, -0.2) is 9.37 Å². The third-order valence-corrected chi connectivity index (χ3v) is 7.24. The fourth-order valence-electron chi connectivity index (χ4n) is 5.40. The number of halogens is 1. The van der Waals surface area contributed by atoms with E-state index in [9.17, 15) is 14.3 Å². The number of pyridine rings is 2. The normalized spacial score (nSPS) is 23.4. The largest absolute Gasteiger partial charge is 0.490 e. The highest BCUT2D eigenvalue weighted by Gasteiger charge is 2.40. The summed E-state index contributed by atoms with van der Waals surface area (Å²) in [6.07, 6.45) is 1.42. The van der Waals surface area contributed by atoms with Crippen LogP contribution in [0, 0.1) is 12.7 Å². The van der Waals surface area contributed by atoms with Crippen molar-refractivity contribution < 1.29 is 14.2 Å². The fourth-order valence-corrected chi connectivity index (χ4v) is 5.40. The zero-order valence-corrected chi connectivity index (χ0v) is 17.4. The maximum Gasteiger partial charge on any atom is 0.258 e. The lowest BCUT2D eigenvalue weighted by molar-refractivity contribution is -0.000354. The maximum absolute atomic E-state index is 14.6. The van der Waals surface area contributed by atoms with Gasteiger partial charge in [-0.2, -0.15) is 0 Å². The Labute approximate surface area is 177 Å². The van der Waals surface area contributed by atoms with E-state index in [1.54, 1.807) is 24.5 Å². The number of hydrogen-bond acceptors (Lipinski definition) is 5. The number of aliphatic hydroxyl groups is 1. The van der Waals surface area contributed by atoms with Crippen molar-refractivity contribution in [1.82, 2.24) is 9.55 Å². The van der Waals surface area contributed by atoms with E-state index in [4.69, 9.17) is 15.5 Å². The van der Waals surface area contributed by atoms with Crippen molar-refractivity contribution in [2.24, 2.45) is 5.73 Å². The van der Waals surface area contributed by atoms with Crippen LogP contribution in [0.25, 0.3) is 22.3 Å². The topological polar surface area (TPSA) is 90.4 Å². The molecule has 4 heterocycles. The molecule has 2 aromatic heterocycles. The smallest absolute Gasteiger partial charge is 0.258 e. The van der Waals surface area contributed by atoms with E-state index in [0.717, 1.165) is 22.1 Å². The molecular weight excluding hydrogens is 397 g/mol. The Hall–Kier alpha value is -3.03. The molecule has 7 heteroatoms. The van der Waals surface area contributed by atoms with E-state index >= 15 is 0 Å². The van der Waals surface area contributed by atoms with Gasteiger partial charge in [-0.15, -0.1) is 0 Å². The van der Waals surface area contributed by atoms with Crippen LogP contribution in [-0.4, -0.2) is 14.7 Å². The van der Waals surface area contributed by atoms with E-state index < -0.39 is 5.60 Å². The second-order valence-electron chi connectivity index (χ2n) is 8.95. The van der Waals surface area contributed by atoms with E-state index in [1.165, 1.54) is 6.07 Å². The standard InChI is InChI=1S/C24H22FN3O3/c1-10-12-4-5-17(26)20-13-8-28-19(22(13)27-18(21(12)20)7-16(10)25)6-15-14(23(28)29)9-31-11(2)24(15,3)30/h6-7,17,30H,2,4-5,8-9,26H2,1,3H3/t17-,24+/m0/s1. The first-order valence-electron chi connectivity index (χ1n) is 10.4. The Morgan fingerprint density at radius 1 is 1.35 bits per heavy atom. The van der Waals surface area contributed by atoms with Crippen LogP contribution in [-0.2, 0) is 29.9 Å². The van der Waals surface area contributed by atoms with Crippen molar-refractivity contribution in [3.05, 3.63) is 74.0 Å². The third-order valence-electron chi connectivity index (χ3n) is 7.24. The Morgan fingerprint density at radius 3 is 2.90 bits per heavy atom. The molecule has 0 fully saturated rings. The predicted octanol–water partition coefficient (Wildman–Crippen LogP) is 3.07. The van der Waals surface area contributed by atoms with Crippen LogP contribution in [0.15, 0.2) is 29.3 Å². The first-order valence-corrected chi connectivity index (χ1v) is 10.4. The number of nitrogens with zero attached hydrogens (tertiary/aromatic N) is 2. The molecule has 3 aliphatic rings. The summed E-state index contributed by atoms with van der Waals surface area (Å²) in [6.45, 7) is 7.57. The highest BCUT2D eigenvalue weighted by molar-refractivity contribution is 5.92. The number of rotatable bonds is 0. The molecule has 0 saturated carbocycles. The van der Waals surface area contributed by atoms with E-state index in [1.807, 2.05) is 0 Å². The summed E-state index contributed by atoms with van der Waals surface area (Å²) in [4.78, 5) is 18.2. The summed E-state index contributed by atoms with van der Waals surface area (Å²) in [5.74, 6) is -0.0816. The van der Waals surface area contributed by atoms with Gasteiger partial charge in [-0.1, -0.05) is 6.58 Å². The molecule has 1 aliphatic carbocycles. The van der Waals surface area contributed by atoms with Crippen LogP contribution < -0.4 is 11.3 Å². The molecule has 1 aromatic carbocycles. The van der Waals surface area contributed by atoms with Gasteiger partial charge in [-0.05, 0) is 49.4 Å². The quantitative estimate of drug-likeness (QED) is 0.457. The number of ether oxygens (including phenoxy) is 1. The summed E-state index contributed by atoms with van der Waals surface area (Å²) in [6, 6.07) is 3.05. The van der Waals surface area contributed by atoms with Gasteiger partial charge in [0.05, 0.1) is 29.0 Å². The van der Waals surface area contributed by atoms with Crippen molar-refractivity contribution in [2.45, 2.75) is 51.5 Å². The monoisotopic (exact) mass is 419 g/mol. The van der Waals surface area contributed by atoms with Crippen molar-refractivity contribution in [2.75, 3.05) is 0 Å². The molecule has 0 saturated heterocycles. The molecule has 0 radical (unpaired) electrons. The van der Waals surface area contributed by atoms with Gasteiger partial charge in [-0.3, -0.25) is 4.79 Å². The molecule has 6 rings (SSSR count). The molecule has 0 unspecified atom stereocenters. The van der Waals surface area contributed by atoms with Gasteiger partial charge in [0.1, 0.15) is 23.8 Å². The minimum Gasteiger partial charge on any atom is -0.490 e. The minimum atomic E-state index is -1.48. The maximum atomic E-state index is 14.6. The fraction of sp³-hybridized carbons (Fsp3) is 0.333. The number of benzene rings is 1. The van der Waals surface area contributed by atoms with Crippen LogP contribution >= 0.6 is 0 Å². The van der Waals surface area contributed by atoms with E-state index in [2.05, 4.69) is 6.58 Å². The van der Waals surface area contributed by atoms with Crippen molar-refractivity contribution in [3.63, 3.8) is 0 Å². The van der Waals surface area contributed by atoms with Crippen LogP contribution in [0.3, 0.4) is 0 Å². The Kier molecular flexibility index (Phi) is 3.51. The molecule has 0 amide bonds. The van der Waals surface area contributed by atoms with Crippen LogP contribution in [0.4, 0.5) is 4.39 Å². The summed E-state index contributed by atoms with van der Waals surface area (Å²) in [5, 5.41) is 11.9. The van der Waals surface area contributed by atoms with Gasteiger partial charge in [0, 0.05) is 28.6 Å².